The van der Waals surface area contributed by atoms with Crippen LogP contribution in [0.4, 0.5) is 19.0 Å². The van der Waals surface area contributed by atoms with Crippen LogP contribution in [-0.4, -0.2) is 23.5 Å². The molecule has 7 heteroatoms. The van der Waals surface area contributed by atoms with Gasteiger partial charge in [-0.15, -0.1) is 10.2 Å². The van der Waals surface area contributed by atoms with E-state index in [0.717, 1.165) is 0 Å². The van der Waals surface area contributed by atoms with Crippen LogP contribution in [-0.2, 0) is 0 Å². The fourth-order valence-corrected chi connectivity index (χ4v) is 2.57. The number of allylic oxidation sites excluding steroid dienone is 1. The number of nitrogens with two attached hydrogens (primary N) is 1. The lowest BCUT2D eigenvalue weighted by molar-refractivity contribution is -0.183. The average Bonchev–Trinajstić information content (AvgIpc) is 2.45. The van der Waals surface area contributed by atoms with Gasteiger partial charge in [0.05, 0.1) is 13.0 Å². The number of rotatable bonds is 3. The lowest BCUT2D eigenvalue weighted by Gasteiger charge is -2.28. The molecule has 1 aliphatic rings. The summed E-state index contributed by atoms with van der Waals surface area (Å²) in [5, 5.41) is 7.49. The van der Waals surface area contributed by atoms with E-state index >= 15 is 0 Å². The summed E-state index contributed by atoms with van der Waals surface area (Å²) in [5.41, 5.74) is 6.25. The molecule has 1 aromatic rings. The number of hydrogen-bond acceptors (Lipinski definition) is 4. The standard InChI is InChI=1S/C14H18F3N3O/c1-21-13-10(8-12(18)19-20-13)5-2-9-3-6-11(7-4-9)14(15,16)17/h2,5,8-9,11H,3-4,6-7H2,1H3,(H2,18,19)/b5-2+/t9-,11-. The maximum absolute atomic E-state index is 12.6. The zero-order valence-corrected chi connectivity index (χ0v) is 11.7. The minimum absolute atomic E-state index is 0.141. The molecule has 0 spiro atoms. The molecule has 2 rings (SSSR count). The molecule has 0 radical (unpaired) electrons. The van der Waals surface area contributed by atoms with Gasteiger partial charge >= 0.3 is 6.18 Å². The average molecular weight is 301 g/mol. The summed E-state index contributed by atoms with van der Waals surface area (Å²) in [7, 11) is 1.48. The quantitative estimate of drug-likeness (QED) is 0.929. The second-order valence-corrected chi connectivity index (χ2v) is 5.25. The van der Waals surface area contributed by atoms with Crippen LogP contribution in [0.1, 0.15) is 31.2 Å². The molecule has 21 heavy (non-hydrogen) atoms. The predicted octanol–water partition coefficient (Wildman–Crippen LogP) is 3.45. The van der Waals surface area contributed by atoms with E-state index in [4.69, 9.17) is 10.5 Å². The van der Waals surface area contributed by atoms with E-state index in [0.29, 0.717) is 24.3 Å². The first-order valence-corrected chi connectivity index (χ1v) is 6.82. The van der Waals surface area contributed by atoms with Crippen molar-refractivity contribution >= 4 is 11.9 Å². The molecular formula is C14H18F3N3O. The van der Waals surface area contributed by atoms with E-state index in [2.05, 4.69) is 10.2 Å². The van der Waals surface area contributed by atoms with Crippen LogP contribution in [0.5, 0.6) is 5.88 Å². The molecule has 0 bridgehead atoms. The minimum atomic E-state index is -4.07. The molecule has 0 saturated heterocycles. The Morgan fingerprint density at radius 1 is 1.24 bits per heavy atom. The Balaban J connectivity index is 1.99. The molecule has 0 unspecified atom stereocenters. The Kier molecular flexibility index (Phi) is 4.69. The maximum Gasteiger partial charge on any atom is 0.391 e. The van der Waals surface area contributed by atoms with Crippen molar-refractivity contribution in [3.05, 3.63) is 17.7 Å². The molecule has 4 nitrogen and oxygen atoms in total. The third kappa shape index (κ3) is 4.09. The zero-order chi connectivity index (χ0) is 15.5. The molecule has 0 aromatic carbocycles. The van der Waals surface area contributed by atoms with Crippen molar-refractivity contribution in [2.75, 3.05) is 12.8 Å². The Hall–Kier alpha value is -1.79. The van der Waals surface area contributed by atoms with E-state index in [-0.39, 0.29) is 24.6 Å². The van der Waals surface area contributed by atoms with Crippen LogP contribution >= 0.6 is 0 Å². The smallest absolute Gasteiger partial charge is 0.391 e. The van der Waals surface area contributed by atoms with Gasteiger partial charge in [0.1, 0.15) is 5.82 Å². The number of hydrogen-bond donors (Lipinski definition) is 1. The normalized spacial score (nSPS) is 23.4. The molecule has 0 atom stereocenters. The summed E-state index contributed by atoms with van der Waals surface area (Å²) < 4.78 is 42.9. The molecule has 1 fully saturated rings. The number of nitrogens with zero attached hydrogens (tertiary/aromatic N) is 2. The van der Waals surface area contributed by atoms with Gasteiger partial charge in [-0.05, 0) is 37.7 Å². The number of nitrogen functional groups attached to an aromatic ring is 1. The van der Waals surface area contributed by atoms with Crippen LogP contribution in [0.15, 0.2) is 12.1 Å². The topological polar surface area (TPSA) is 61.0 Å². The fraction of sp³-hybridized carbons (Fsp3) is 0.571. The first-order chi connectivity index (χ1) is 9.90. The third-order valence-corrected chi connectivity index (χ3v) is 3.78. The number of anilines is 1. The molecule has 0 amide bonds. The Labute approximate surface area is 121 Å². The van der Waals surface area contributed by atoms with Crippen LogP contribution in [0.3, 0.4) is 0 Å². The van der Waals surface area contributed by atoms with Gasteiger partial charge in [-0.3, -0.25) is 0 Å². The van der Waals surface area contributed by atoms with Gasteiger partial charge in [-0.2, -0.15) is 13.2 Å². The summed E-state index contributed by atoms with van der Waals surface area (Å²) in [6.45, 7) is 0. The first-order valence-electron chi connectivity index (χ1n) is 6.82. The number of ether oxygens (including phenoxy) is 1. The minimum Gasteiger partial charge on any atom is -0.479 e. The highest BCUT2D eigenvalue weighted by Gasteiger charge is 2.40. The number of halogens is 3. The molecule has 0 aliphatic heterocycles. The van der Waals surface area contributed by atoms with Gasteiger partial charge in [-0.25, -0.2) is 0 Å². The highest BCUT2D eigenvalue weighted by atomic mass is 19.4. The molecule has 1 heterocycles. The summed E-state index contributed by atoms with van der Waals surface area (Å²) in [5.74, 6) is -0.390. The van der Waals surface area contributed by atoms with Crippen molar-refractivity contribution in [1.82, 2.24) is 10.2 Å². The van der Waals surface area contributed by atoms with Gasteiger partial charge in [0, 0.05) is 5.56 Å². The van der Waals surface area contributed by atoms with Gasteiger partial charge in [-0.1, -0.05) is 12.2 Å². The number of aromatic nitrogens is 2. The molecule has 2 N–H and O–H groups in total. The first kappa shape index (κ1) is 15.6. The summed E-state index contributed by atoms with van der Waals surface area (Å²) in [6, 6.07) is 1.63. The lowest BCUT2D eigenvalue weighted by atomic mass is 9.81. The molecule has 1 aliphatic carbocycles. The largest absolute Gasteiger partial charge is 0.479 e. The maximum atomic E-state index is 12.6. The van der Waals surface area contributed by atoms with Crippen molar-refractivity contribution in [1.29, 1.82) is 0 Å². The Morgan fingerprint density at radius 2 is 1.90 bits per heavy atom. The highest BCUT2D eigenvalue weighted by Crippen LogP contribution is 2.40. The summed E-state index contributed by atoms with van der Waals surface area (Å²) >= 11 is 0. The van der Waals surface area contributed by atoms with E-state index in [1.165, 1.54) is 7.11 Å². The Morgan fingerprint density at radius 3 is 2.48 bits per heavy atom. The van der Waals surface area contributed by atoms with Crippen molar-refractivity contribution in [2.45, 2.75) is 31.9 Å². The van der Waals surface area contributed by atoms with Crippen LogP contribution in [0.25, 0.3) is 6.08 Å². The van der Waals surface area contributed by atoms with E-state index in [1.807, 2.05) is 6.08 Å². The lowest BCUT2D eigenvalue weighted by Crippen LogP contribution is -2.27. The van der Waals surface area contributed by atoms with Crippen molar-refractivity contribution < 1.29 is 17.9 Å². The predicted molar refractivity (Wildman–Crippen MR) is 73.5 cm³/mol. The summed E-state index contributed by atoms with van der Waals surface area (Å²) in [4.78, 5) is 0. The molecular weight excluding hydrogens is 283 g/mol. The summed E-state index contributed by atoms with van der Waals surface area (Å²) in [6.07, 6.45) is 1.09. The molecule has 116 valence electrons. The third-order valence-electron chi connectivity index (χ3n) is 3.78. The monoisotopic (exact) mass is 301 g/mol. The van der Waals surface area contributed by atoms with Crippen molar-refractivity contribution in [2.24, 2.45) is 11.8 Å². The van der Waals surface area contributed by atoms with Crippen LogP contribution < -0.4 is 10.5 Å². The van der Waals surface area contributed by atoms with E-state index < -0.39 is 12.1 Å². The molecule has 1 saturated carbocycles. The van der Waals surface area contributed by atoms with Gasteiger partial charge in [0.15, 0.2) is 0 Å². The van der Waals surface area contributed by atoms with E-state index in [1.54, 1.807) is 12.1 Å². The molecule has 1 aromatic heterocycles. The van der Waals surface area contributed by atoms with Crippen LogP contribution in [0.2, 0.25) is 0 Å². The van der Waals surface area contributed by atoms with Crippen molar-refractivity contribution in [3.63, 3.8) is 0 Å². The second-order valence-electron chi connectivity index (χ2n) is 5.25. The van der Waals surface area contributed by atoms with Gasteiger partial charge < -0.3 is 10.5 Å². The number of alkyl halides is 3. The van der Waals surface area contributed by atoms with Crippen molar-refractivity contribution in [3.8, 4) is 5.88 Å². The van der Waals surface area contributed by atoms with E-state index in [9.17, 15) is 13.2 Å². The Bertz CT molecular complexity index is 509. The second kappa shape index (κ2) is 6.32. The van der Waals surface area contributed by atoms with Gasteiger partial charge in [0.2, 0.25) is 5.88 Å². The zero-order valence-electron chi connectivity index (χ0n) is 11.7. The van der Waals surface area contributed by atoms with Gasteiger partial charge in [0.25, 0.3) is 0 Å². The fourth-order valence-electron chi connectivity index (χ4n) is 2.57. The highest BCUT2D eigenvalue weighted by molar-refractivity contribution is 5.57. The SMILES string of the molecule is COc1nnc(N)cc1/C=C/[C@H]1CC[C@H](C(F)(F)F)CC1. The number of methoxy groups -OCH3 is 1. The van der Waals surface area contributed by atoms with Crippen LogP contribution in [0, 0.1) is 11.8 Å².